The van der Waals surface area contributed by atoms with Gasteiger partial charge in [0, 0.05) is 50.0 Å². The molecular weight excluding hydrogens is 330 g/mol. The van der Waals surface area contributed by atoms with Gasteiger partial charge in [-0.05, 0) is 12.0 Å². The first-order chi connectivity index (χ1) is 12.4. The molecule has 0 aliphatic carbocycles. The summed E-state index contributed by atoms with van der Waals surface area (Å²) in [7, 11) is 0. The number of nitrogens with one attached hydrogen (secondary N) is 1. The summed E-state index contributed by atoms with van der Waals surface area (Å²) in [6.07, 6.45) is 6.33. The monoisotopic (exact) mass is 351 g/mol. The Morgan fingerprint density at radius 2 is 2.12 bits per heavy atom. The van der Waals surface area contributed by atoms with E-state index in [-0.39, 0.29) is 0 Å². The number of benzene rings is 1. The highest BCUT2D eigenvalue weighted by atomic mass is 32.1. The molecule has 0 radical (unpaired) electrons. The van der Waals surface area contributed by atoms with Crippen LogP contribution in [-0.4, -0.2) is 39.0 Å². The standard InChI is InChI=1S/C19H21N5S/c1-2-4-15(5-3-1)12-24-9-6-16(13-24)22-10-17-14-25-19(23-17)18-11-20-7-8-21-18/h1-5,7-8,11,14,16,22H,6,9-10,12-13H2. The topological polar surface area (TPSA) is 53.9 Å². The van der Waals surface area contributed by atoms with Crippen LogP contribution in [0.1, 0.15) is 17.7 Å². The lowest BCUT2D eigenvalue weighted by atomic mass is 10.2. The van der Waals surface area contributed by atoms with Gasteiger partial charge in [-0.1, -0.05) is 30.3 Å². The minimum atomic E-state index is 0.533. The fourth-order valence-electron chi connectivity index (χ4n) is 3.15. The molecule has 1 aromatic carbocycles. The first-order valence-corrected chi connectivity index (χ1v) is 9.45. The Hall–Kier alpha value is -2.15. The molecule has 2 aromatic heterocycles. The number of nitrogens with zero attached hydrogens (tertiary/aromatic N) is 4. The van der Waals surface area contributed by atoms with Gasteiger partial charge < -0.3 is 5.32 Å². The second-order valence-corrected chi connectivity index (χ2v) is 7.18. The molecule has 0 amide bonds. The number of aromatic nitrogens is 3. The summed E-state index contributed by atoms with van der Waals surface area (Å²) in [4.78, 5) is 15.6. The number of hydrogen-bond donors (Lipinski definition) is 1. The highest BCUT2D eigenvalue weighted by Gasteiger charge is 2.22. The first-order valence-electron chi connectivity index (χ1n) is 8.57. The van der Waals surface area contributed by atoms with Crippen molar-refractivity contribution in [3.8, 4) is 10.7 Å². The Morgan fingerprint density at radius 1 is 1.20 bits per heavy atom. The van der Waals surface area contributed by atoms with Crippen molar-refractivity contribution in [2.24, 2.45) is 0 Å². The van der Waals surface area contributed by atoms with Crippen LogP contribution >= 0.6 is 11.3 Å². The molecule has 1 fully saturated rings. The first kappa shape index (κ1) is 16.3. The Balaban J connectivity index is 1.27. The van der Waals surface area contributed by atoms with Crippen LogP contribution in [0.4, 0.5) is 0 Å². The van der Waals surface area contributed by atoms with Gasteiger partial charge in [-0.25, -0.2) is 4.98 Å². The number of likely N-dealkylation sites (tertiary alicyclic amines) is 1. The lowest BCUT2D eigenvalue weighted by molar-refractivity contribution is 0.320. The lowest BCUT2D eigenvalue weighted by Crippen LogP contribution is -2.32. The van der Waals surface area contributed by atoms with Crippen LogP contribution in [0.25, 0.3) is 10.7 Å². The summed E-state index contributed by atoms with van der Waals surface area (Å²) in [6, 6.07) is 11.2. The summed E-state index contributed by atoms with van der Waals surface area (Å²) in [5.41, 5.74) is 3.30. The summed E-state index contributed by atoms with van der Waals surface area (Å²) in [5.74, 6) is 0. The molecule has 1 aliphatic rings. The van der Waals surface area contributed by atoms with E-state index < -0.39 is 0 Å². The molecule has 1 N–H and O–H groups in total. The van der Waals surface area contributed by atoms with E-state index in [1.54, 1.807) is 29.9 Å². The van der Waals surface area contributed by atoms with E-state index in [0.717, 1.165) is 42.6 Å². The quantitative estimate of drug-likeness (QED) is 0.740. The van der Waals surface area contributed by atoms with Crippen LogP contribution in [0.2, 0.25) is 0 Å². The third-order valence-corrected chi connectivity index (χ3v) is 5.34. The van der Waals surface area contributed by atoms with Crippen LogP contribution in [-0.2, 0) is 13.1 Å². The van der Waals surface area contributed by atoms with Crippen LogP contribution in [0.15, 0.2) is 54.3 Å². The Kier molecular flexibility index (Phi) is 5.11. The fourth-order valence-corrected chi connectivity index (χ4v) is 3.93. The van der Waals surface area contributed by atoms with Crippen molar-refractivity contribution in [1.29, 1.82) is 0 Å². The second-order valence-electron chi connectivity index (χ2n) is 6.32. The molecule has 4 rings (SSSR count). The van der Waals surface area contributed by atoms with E-state index in [1.165, 1.54) is 12.0 Å². The maximum atomic E-state index is 4.67. The molecule has 1 unspecified atom stereocenters. The molecule has 128 valence electrons. The highest BCUT2D eigenvalue weighted by molar-refractivity contribution is 7.13. The van der Waals surface area contributed by atoms with E-state index >= 15 is 0 Å². The molecule has 1 aliphatic heterocycles. The van der Waals surface area contributed by atoms with E-state index in [0.29, 0.717) is 6.04 Å². The van der Waals surface area contributed by atoms with Gasteiger partial charge in [0.1, 0.15) is 10.7 Å². The number of thiazole rings is 1. The Labute approximate surface area is 151 Å². The molecule has 5 nitrogen and oxygen atoms in total. The number of hydrogen-bond acceptors (Lipinski definition) is 6. The molecule has 3 aromatic rings. The molecule has 3 heterocycles. The van der Waals surface area contributed by atoms with Crippen molar-refractivity contribution in [2.45, 2.75) is 25.6 Å². The normalized spacial score (nSPS) is 17.8. The zero-order valence-corrected chi connectivity index (χ0v) is 14.8. The summed E-state index contributed by atoms with van der Waals surface area (Å²) in [6.45, 7) is 4.08. The predicted octanol–water partition coefficient (Wildman–Crippen LogP) is 2.96. The van der Waals surface area contributed by atoms with E-state index in [2.05, 4.69) is 60.9 Å². The molecule has 1 atom stereocenters. The van der Waals surface area contributed by atoms with Crippen LogP contribution in [0.5, 0.6) is 0 Å². The van der Waals surface area contributed by atoms with Crippen molar-refractivity contribution < 1.29 is 0 Å². The fraction of sp³-hybridized carbons (Fsp3) is 0.316. The molecule has 0 saturated carbocycles. The van der Waals surface area contributed by atoms with Crippen molar-refractivity contribution in [1.82, 2.24) is 25.2 Å². The third-order valence-electron chi connectivity index (χ3n) is 4.43. The van der Waals surface area contributed by atoms with Crippen LogP contribution in [0.3, 0.4) is 0 Å². The van der Waals surface area contributed by atoms with E-state index in [1.807, 2.05) is 0 Å². The van der Waals surface area contributed by atoms with Gasteiger partial charge in [0.15, 0.2) is 0 Å². The van der Waals surface area contributed by atoms with Crippen molar-refractivity contribution in [3.63, 3.8) is 0 Å². The summed E-state index contributed by atoms with van der Waals surface area (Å²) in [5, 5.41) is 6.68. The van der Waals surface area contributed by atoms with Gasteiger partial charge >= 0.3 is 0 Å². The van der Waals surface area contributed by atoms with E-state index in [4.69, 9.17) is 0 Å². The van der Waals surface area contributed by atoms with Crippen molar-refractivity contribution in [2.75, 3.05) is 13.1 Å². The zero-order valence-electron chi connectivity index (χ0n) is 14.0. The minimum absolute atomic E-state index is 0.533. The Morgan fingerprint density at radius 3 is 2.96 bits per heavy atom. The van der Waals surface area contributed by atoms with Gasteiger partial charge in [-0.2, -0.15) is 0 Å². The molecule has 25 heavy (non-hydrogen) atoms. The highest BCUT2D eigenvalue weighted by Crippen LogP contribution is 2.21. The molecule has 1 saturated heterocycles. The predicted molar refractivity (Wildman–Crippen MR) is 100 cm³/mol. The Bertz CT molecular complexity index is 790. The zero-order chi connectivity index (χ0) is 16.9. The van der Waals surface area contributed by atoms with Gasteiger partial charge in [0.05, 0.1) is 11.9 Å². The molecule has 6 heteroatoms. The molecular formula is C19H21N5S. The average molecular weight is 351 g/mol. The summed E-state index contributed by atoms with van der Waals surface area (Å²) >= 11 is 1.62. The number of rotatable bonds is 6. The third kappa shape index (κ3) is 4.28. The van der Waals surface area contributed by atoms with Gasteiger partial charge in [-0.15, -0.1) is 11.3 Å². The van der Waals surface area contributed by atoms with Gasteiger partial charge in [-0.3, -0.25) is 14.9 Å². The second kappa shape index (κ2) is 7.82. The van der Waals surface area contributed by atoms with Crippen LogP contribution in [0, 0.1) is 0 Å². The maximum Gasteiger partial charge on any atom is 0.143 e. The largest absolute Gasteiger partial charge is 0.307 e. The van der Waals surface area contributed by atoms with Crippen LogP contribution < -0.4 is 5.32 Å². The van der Waals surface area contributed by atoms with E-state index in [9.17, 15) is 0 Å². The summed E-state index contributed by atoms with van der Waals surface area (Å²) < 4.78 is 0. The van der Waals surface area contributed by atoms with Crippen molar-refractivity contribution in [3.05, 3.63) is 65.6 Å². The lowest BCUT2D eigenvalue weighted by Gasteiger charge is -2.16. The van der Waals surface area contributed by atoms with Crippen molar-refractivity contribution >= 4 is 11.3 Å². The maximum absolute atomic E-state index is 4.67. The minimum Gasteiger partial charge on any atom is -0.307 e. The van der Waals surface area contributed by atoms with Gasteiger partial charge in [0.2, 0.25) is 0 Å². The SMILES string of the molecule is c1ccc(CN2CCC(NCc3csc(-c4cnccn4)n3)C2)cc1. The van der Waals surface area contributed by atoms with Gasteiger partial charge in [0.25, 0.3) is 0 Å². The average Bonchev–Trinajstić information content (AvgIpc) is 3.31. The molecule has 0 bridgehead atoms. The smallest absolute Gasteiger partial charge is 0.143 e. The molecule has 0 spiro atoms.